The lowest BCUT2D eigenvalue weighted by atomic mass is 9.94. The number of ether oxygens (including phenoxy) is 1. The van der Waals surface area contributed by atoms with Crippen LogP contribution in [0.1, 0.15) is 39.7 Å². The molecule has 0 spiro atoms. The molecule has 1 unspecified atom stereocenters. The van der Waals surface area contributed by atoms with Crippen molar-refractivity contribution in [3.05, 3.63) is 27.3 Å². The molecule has 1 aromatic carbocycles. The molecule has 100 valence electrons. The maximum atomic E-state index is 6.11. The van der Waals surface area contributed by atoms with Crippen LogP contribution >= 0.6 is 22.6 Å². The van der Waals surface area contributed by atoms with E-state index in [0.717, 1.165) is 6.42 Å². The minimum absolute atomic E-state index is 0.0426. The highest BCUT2D eigenvalue weighted by molar-refractivity contribution is 14.1. The number of halogens is 1. The van der Waals surface area contributed by atoms with Gasteiger partial charge in [-0.2, -0.15) is 0 Å². The molecule has 0 aromatic heterocycles. The maximum Gasteiger partial charge on any atom is 0.0834 e. The fourth-order valence-corrected chi connectivity index (χ4v) is 3.19. The molecule has 1 aliphatic rings. The molecule has 0 bridgehead atoms. The first-order valence-corrected chi connectivity index (χ1v) is 7.50. The van der Waals surface area contributed by atoms with Crippen LogP contribution in [0.2, 0.25) is 0 Å². The fraction of sp³-hybridized carbons (Fsp3) is 0.600. The molecule has 1 heterocycles. The average molecular weight is 359 g/mol. The van der Waals surface area contributed by atoms with Crippen LogP contribution in [0.4, 0.5) is 5.69 Å². The minimum Gasteiger partial charge on any atom is -0.379 e. The van der Waals surface area contributed by atoms with Crippen molar-refractivity contribution in [1.29, 1.82) is 0 Å². The molecule has 1 saturated heterocycles. The Morgan fingerprint density at radius 3 is 2.44 bits per heavy atom. The molecule has 0 amide bonds. The normalized spacial score (nSPS) is 25.1. The summed E-state index contributed by atoms with van der Waals surface area (Å²) in [5, 5.41) is 3.62. The van der Waals surface area contributed by atoms with Crippen LogP contribution in [0.3, 0.4) is 0 Å². The third-order valence-corrected chi connectivity index (χ3v) is 4.75. The Labute approximate surface area is 124 Å². The highest BCUT2D eigenvalue weighted by atomic mass is 127. The van der Waals surface area contributed by atoms with Crippen molar-refractivity contribution in [3.63, 3.8) is 0 Å². The van der Waals surface area contributed by atoms with Crippen molar-refractivity contribution in [2.24, 2.45) is 0 Å². The zero-order valence-electron chi connectivity index (χ0n) is 11.8. The summed E-state index contributed by atoms with van der Waals surface area (Å²) in [6, 6.07) is 6.87. The minimum atomic E-state index is -0.125. The standard InChI is InChI=1S/C15H22INO/c1-10-6-7-11(8-12(10)16)17-13-9-14(2,3)18-15(13,4)5/h6-8,13,17H,9H2,1-5H3. The number of hydrogen-bond donors (Lipinski definition) is 1. The van der Waals surface area contributed by atoms with E-state index < -0.39 is 0 Å². The van der Waals surface area contributed by atoms with Crippen molar-refractivity contribution in [1.82, 2.24) is 0 Å². The molecule has 2 rings (SSSR count). The van der Waals surface area contributed by atoms with E-state index in [0.29, 0.717) is 6.04 Å². The number of hydrogen-bond acceptors (Lipinski definition) is 2. The highest BCUT2D eigenvalue weighted by Crippen LogP contribution is 2.38. The predicted octanol–water partition coefficient (Wildman–Crippen LogP) is 4.36. The third kappa shape index (κ3) is 2.99. The van der Waals surface area contributed by atoms with E-state index in [2.05, 4.69) is 80.7 Å². The maximum absolute atomic E-state index is 6.11. The molecule has 18 heavy (non-hydrogen) atoms. The molecule has 1 aromatic rings. The lowest BCUT2D eigenvalue weighted by Crippen LogP contribution is -2.38. The van der Waals surface area contributed by atoms with Gasteiger partial charge in [0.05, 0.1) is 17.2 Å². The molecule has 0 saturated carbocycles. The first kappa shape index (κ1) is 14.1. The summed E-state index contributed by atoms with van der Waals surface area (Å²) in [6.07, 6.45) is 1.03. The molecule has 1 atom stereocenters. The van der Waals surface area contributed by atoms with E-state index in [-0.39, 0.29) is 11.2 Å². The number of rotatable bonds is 2. The van der Waals surface area contributed by atoms with Gasteiger partial charge in [-0.3, -0.25) is 0 Å². The third-order valence-electron chi connectivity index (χ3n) is 3.59. The summed E-state index contributed by atoms with van der Waals surface area (Å²) in [5.41, 5.74) is 2.34. The number of aryl methyl sites for hydroxylation is 1. The van der Waals surface area contributed by atoms with Crippen LogP contribution in [0, 0.1) is 10.5 Å². The average Bonchev–Trinajstić information content (AvgIpc) is 2.40. The summed E-state index contributed by atoms with van der Waals surface area (Å²) >= 11 is 2.38. The fourth-order valence-electron chi connectivity index (χ4n) is 2.67. The van der Waals surface area contributed by atoms with Crippen molar-refractivity contribution in [3.8, 4) is 0 Å². The van der Waals surface area contributed by atoms with Gasteiger partial charge >= 0.3 is 0 Å². The van der Waals surface area contributed by atoms with Crippen LogP contribution in [0.25, 0.3) is 0 Å². The SMILES string of the molecule is Cc1ccc(NC2CC(C)(C)OC2(C)C)cc1I. The van der Waals surface area contributed by atoms with Gasteiger partial charge in [0.2, 0.25) is 0 Å². The monoisotopic (exact) mass is 359 g/mol. The molecule has 3 heteroatoms. The number of anilines is 1. The van der Waals surface area contributed by atoms with Crippen molar-refractivity contribution in [2.45, 2.75) is 58.3 Å². The van der Waals surface area contributed by atoms with E-state index in [1.54, 1.807) is 0 Å². The molecule has 0 aliphatic carbocycles. The van der Waals surface area contributed by atoms with Gasteiger partial charge in [-0.15, -0.1) is 0 Å². The summed E-state index contributed by atoms with van der Waals surface area (Å²) in [6.45, 7) is 10.8. The second-order valence-corrected chi connectivity index (χ2v) is 7.49. The van der Waals surface area contributed by atoms with Crippen LogP contribution in [0.5, 0.6) is 0 Å². The molecule has 2 nitrogen and oxygen atoms in total. The quantitative estimate of drug-likeness (QED) is 0.793. The van der Waals surface area contributed by atoms with Crippen molar-refractivity contribution >= 4 is 28.3 Å². The molecular weight excluding hydrogens is 337 g/mol. The Balaban J connectivity index is 2.16. The summed E-state index contributed by atoms with van der Waals surface area (Å²) in [7, 11) is 0. The lowest BCUT2D eigenvalue weighted by molar-refractivity contribution is -0.0662. The largest absolute Gasteiger partial charge is 0.379 e. The lowest BCUT2D eigenvalue weighted by Gasteiger charge is -2.28. The van der Waals surface area contributed by atoms with Crippen molar-refractivity contribution < 1.29 is 4.74 Å². The zero-order chi connectivity index (χ0) is 13.6. The van der Waals surface area contributed by atoms with Gasteiger partial charge in [-0.25, -0.2) is 0 Å². The molecule has 1 aliphatic heterocycles. The smallest absolute Gasteiger partial charge is 0.0834 e. The topological polar surface area (TPSA) is 21.3 Å². The predicted molar refractivity (Wildman–Crippen MR) is 85.2 cm³/mol. The number of benzene rings is 1. The Hall–Kier alpha value is -0.290. The van der Waals surface area contributed by atoms with Gasteiger partial charge in [0.25, 0.3) is 0 Å². The van der Waals surface area contributed by atoms with Gasteiger partial charge in [-0.1, -0.05) is 6.07 Å². The van der Waals surface area contributed by atoms with Gasteiger partial charge in [-0.05, 0) is 81.3 Å². The van der Waals surface area contributed by atoms with E-state index in [1.165, 1.54) is 14.8 Å². The van der Waals surface area contributed by atoms with Crippen LogP contribution in [-0.2, 0) is 4.74 Å². The van der Waals surface area contributed by atoms with E-state index in [1.807, 2.05) is 0 Å². The first-order valence-electron chi connectivity index (χ1n) is 6.42. The van der Waals surface area contributed by atoms with Crippen LogP contribution in [0.15, 0.2) is 18.2 Å². The van der Waals surface area contributed by atoms with Gasteiger partial charge in [0, 0.05) is 9.26 Å². The van der Waals surface area contributed by atoms with Gasteiger partial charge < -0.3 is 10.1 Å². The van der Waals surface area contributed by atoms with Crippen molar-refractivity contribution in [2.75, 3.05) is 5.32 Å². The van der Waals surface area contributed by atoms with Crippen LogP contribution in [-0.4, -0.2) is 17.2 Å². The molecule has 1 N–H and O–H groups in total. The summed E-state index contributed by atoms with van der Waals surface area (Å²) < 4.78 is 7.41. The Bertz CT molecular complexity index is 454. The van der Waals surface area contributed by atoms with Crippen LogP contribution < -0.4 is 5.32 Å². The van der Waals surface area contributed by atoms with E-state index in [4.69, 9.17) is 4.74 Å². The molecular formula is C15H22INO. The molecule has 1 fully saturated rings. The molecule has 0 radical (unpaired) electrons. The van der Waals surface area contributed by atoms with E-state index >= 15 is 0 Å². The van der Waals surface area contributed by atoms with E-state index in [9.17, 15) is 0 Å². The Kier molecular flexibility index (Phi) is 3.67. The highest BCUT2D eigenvalue weighted by Gasteiger charge is 2.45. The van der Waals surface area contributed by atoms with Gasteiger partial charge in [0.15, 0.2) is 0 Å². The van der Waals surface area contributed by atoms with Gasteiger partial charge in [0.1, 0.15) is 0 Å². The number of nitrogens with one attached hydrogen (secondary N) is 1. The zero-order valence-corrected chi connectivity index (χ0v) is 14.0. The Morgan fingerprint density at radius 1 is 1.28 bits per heavy atom. The second kappa shape index (κ2) is 4.67. The summed E-state index contributed by atoms with van der Waals surface area (Å²) in [4.78, 5) is 0. The first-order chi connectivity index (χ1) is 8.20. The Morgan fingerprint density at radius 2 is 1.94 bits per heavy atom. The second-order valence-electron chi connectivity index (χ2n) is 6.33. The summed E-state index contributed by atoms with van der Waals surface area (Å²) in [5.74, 6) is 0.